The van der Waals surface area contributed by atoms with Crippen molar-refractivity contribution in [2.45, 2.75) is 26.1 Å². The summed E-state index contributed by atoms with van der Waals surface area (Å²) in [5, 5.41) is 10.5. The highest BCUT2D eigenvalue weighted by molar-refractivity contribution is 9.13. The topological polar surface area (TPSA) is 29.5 Å². The van der Waals surface area contributed by atoms with E-state index in [0.29, 0.717) is 0 Å². The molecule has 0 saturated carbocycles. The molecule has 0 heterocycles. The van der Waals surface area contributed by atoms with Gasteiger partial charge in [0.2, 0.25) is 0 Å². The van der Waals surface area contributed by atoms with Crippen molar-refractivity contribution >= 4 is 31.9 Å². The number of halogens is 2. The van der Waals surface area contributed by atoms with E-state index in [-0.39, 0.29) is 6.10 Å². The van der Waals surface area contributed by atoms with Crippen LogP contribution in [-0.4, -0.2) is 11.2 Å². The van der Waals surface area contributed by atoms with Crippen molar-refractivity contribution in [2.75, 3.05) is 0 Å². The zero-order valence-electron chi connectivity index (χ0n) is 11.3. The predicted octanol–water partition coefficient (Wildman–Crippen LogP) is 5.08. The molecule has 20 heavy (non-hydrogen) atoms. The average Bonchev–Trinajstić information content (AvgIpc) is 2.40. The molecule has 0 aliphatic heterocycles. The molecular weight excluding hydrogens is 384 g/mol. The zero-order valence-corrected chi connectivity index (χ0v) is 14.5. The van der Waals surface area contributed by atoms with E-state index in [9.17, 15) is 5.11 Å². The third-order valence-electron chi connectivity index (χ3n) is 2.81. The van der Waals surface area contributed by atoms with E-state index in [1.54, 1.807) is 0 Å². The molecule has 0 radical (unpaired) electrons. The minimum Gasteiger partial charge on any atom is -0.491 e. The highest BCUT2D eigenvalue weighted by Gasteiger charge is 2.12. The molecule has 2 nitrogen and oxygen atoms in total. The van der Waals surface area contributed by atoms with Crippen molar-refractivity contribution in [1.82, 2.24) is 0 Å². The molecule has 0 aromatic heterocycles. The van der Waals surface area contributed by atoms with E-state index in [1.165, 1.54) is 0 Å². The molecule has 1 atom stereocenters. The highest BCUT2D eigenvalue weighted by Crippen LogP contribution is 2.30. The first-order valence-corrected chi connectivity index (χ1v) is 7.95. The molecule has 0 aliphatic carbocycles. The number of aliphatic hydroxyl groups is 1. The zero-order chi connectivity index (χ0) is 14.7. The fourth-order valence-corrected chi connectivity index (χ4v) is 2.55. The van der Waals surface area contributed by atoms with Gasteiger partial charge in [-0.1, -0.05) is 18.2 Å². The van der Waals surface area contributed by atoms with Crippen LogP contribution in [0.25, 0.3) is 0 Å². The van der Waals surface area contributed by atoms with E-state index < -0.39 is 6.10 Å². The molecular formula is C16H16Br2O2. The van der Waals surface area contributed by atoms with Gasteiger partial charge in [0.1, 0.15) is 11.9 Å². The lowest BCUT2D eigenvalue weighted by Crippen LogP contribution is -2.06. The van der Waals surface area contributed by atoms with Gasteiger partial charge >= 0.3 is 0 Å². The number of hydrogen-bond acceptors (Lipinski definition) is 2. The van der Waals surface area contributed by atoms with Gasteiger partial charge in [-0.2, -0.15) is 0 Å². The van der Waals surface area contributed by atoms with Crippen LogP contribution in [-0.2, 0) is 0 Å². The Morgan fingerprint density at radius 1 is 0.950 bits per heavy atom. The lowest BCUT2D eigenvalue weighted by Gasteiger charge is -2.15. The van der Waals surface area contributed by atoms with Gasteiger partial charge in [0.15, 0.2) is 0 Å². The summed E-state index contributed by atoms with van der Waals surface area (Å²) in [6.45, 7) is 3.96. The molecule has 0 amide bonds. The van der Waals surface area contributed by atoms with Crippen LogP contribution in [0.1, 0.15) is 31.1 Å². The number of ether oxygens (including phenoxy) is 1. The van der Waals surface area contributed by atoms with Crippen LogP contribution >= 0.6 is 31.9 Å². The second-order valence-corrected chi connectivity index (χ2v) is 6.52. The quantitative estimate of drug-likeness (QED) is 0.776. The number of benzene rings is 2. The highest BCUT2D eigenvalue weighted by atomic mass is 79.9. The van der Waals surface area contributed by atoms with E-state index >= 15 is 0 Å². The Morgan fingerprint density at radius 2 is 1.65 bits per heavy atom. The summed E-state index contributed by atoms with van der Waals surface area (Å²) in [6, 6.07) is 13.3. The van der Waals surface area contributed by atoms with Crippen molar-refractivity contribution in [3.05, 3.63) is 62.5 Å². The lowest BCUT2D eigenvalue weighted by molar-refractivity contribution is 0.216. The first-order valence-electron chi connectivity index (χ1n) is 6.37. The van der Waals surface area contributed by atoms with Crippen molar-refractivity contribution in [3.8, 4) is 5.75 Å². The number of hydrogen-bond donors (Lipinski definition) is 1. The molecule has 106 valence electrons. The van der Waals surface area contributed by atoms with Gasteiger partial charge in [0, 0.05) is 8.95 Å². The molecule has 0 spiro atoms. The van der Waals surface area contributed by atoms with Crippen molar-refractivity contribution in [1.29, 1.82) is 0 Å². The number of rotatable bonds is 4. The smallest absolute Gasteiger partial charge is 0.120 e. The first kappa shape index (κ1) is 15.5. The lowest BCUT2D eigenvalue weighted by atomic mass is 10.0. The van der Waals surface area contributed by atoms with Crippen LogP contribution in [0, 0.1) is 0 Å². The summed E-state index contributed by atoms with van der Waals surface area (Å²) in [6.07, 6.45) is -0.556. The van der Waals surface area contributed by atoms with Crippen LogP contribution in [0.5, 0.6) is 5.75 Å². The molecule has 2 aromatic rings. The third-order valence-corrected chi connectivity index (χ3v) is 4.68. The van der Waals surface area contributed by atoms with Crippen molar-refractivity contribution in [2.24, 2.45) is 0 Å². The van der Waals surface area contributed by atoms with Crippen LogP contribution < -0.4 is 4.74 Å². The fourth-order valence-electron chi connectivity index (χ4n) is 1.91. The first-order chi connectivity index (χ1) is 9.47. The molecule has 0 saturated heterocycles. The molecule has 1 N–H and O–H groups in total. The maximum atomic E-state index is 10.5. The van der Waals surface area contributed by atoms with Crippen LogP contribution in [0.2, 0.25) is 0 Å². The fraction of sp³-hybridized carbons (Fsp3) is 0.250. The number of aliphatic hydroxyl groups excluding tert-OH is 1. The summed E-state index contributed by atoms with van der Waals surface area (Å²) >= 11 is 6.88. The summed E-state index contributed by atoms with van der Waals surface area (Å²) in [5.41, 5.74) is 1.65. The monoisotopic (exact) mass is 398 g/mol. The van der Waals surface area contributed by atoms with Gasteiger partial charge in [0.25, 0.3) is 0 Å². The summed E-state index contributed by atoms with van der Waals surface area (Å²) < 4.78 is 7.54. The van der Waals surface area contributed by atoms with Gasteiger partial charge in [-0.25, -0.2) is 0 Å². The summed E-state index contributed by atoms with van der Waals surface area (Å²) in [4.78, 5) is 0. The van der Waals surface area contributed by atoms with Crippen LogP contribution in [0.4, 0.5) is 0 Å². The maximum Gasteiger partial charge on any atom is 0.120 e. The molecule has 0 fully saturated rings. The Kier molecular flexibility index (Phi) is 5.24. The van der Waals surface area contributed by atoms with Gasteiger partial charge < -0.3 is 9.84 Å². The van der Waals surface area contributed by atoms with Crippen LogP contribution in [0.3, 0.4) is 0 Å². The second-order valence-electron chi connectivity index (χ2n) is 4.82. The van der Waals surface area contributed by atoms with Crippen LogP contribution in [0.15, 0.2) is 51.4 Å². The van der Waals surface area contributed by atoms with E-state index in [1.807, 2.05) is 56.3 Å². The Balaban J connectivity index is 2.28. The maximum absolute atomic E-state index is 10.5. The molecule has 1 unspecified atom stereocenters. The second kappa shape index (κ2) is 6.74. The molecule has 4 heteroatoms. The Bertz CT molecular complexity index is 597. The normalized spacial score (nSPS) is 12.5. The van der Waals surface area contributed by atoms with Crippen molar-refractivity contribution < 1.29 is 9.84 Å². The Hall–Kier alpha value is -0.840. The molecule has 2 rings (SSSR count). The van der Waals surface area contributed by atoms with E-state index in [2.05, 4.69) is 31.9 Å². The standard InChI is InChI=1S/C16H16Br2O2/c1-10(2)20-13-5-3-4-11(8-13)16(19)12-6-7-14(17)15(18)9-12/h3-10,16,19H,1-2H3. The van der Waals surface area contributed by atoms with Gasteiger partial charge in [0.05, 0.1) is 6.10 Å². The summed E-state index contributed by atoms with van der Waals surface area (Å²) in [7, 11) is 0. The van der Waals surface area contributed by atoms with Gasteiger partial charge in [-0.05, 0) is 81.1 Å². The molecule has 0 bridgehead atoms. The average molecular weight is 400 g/mol. The van der Waals surface area contributed by atoms with E-state index in [4.69, 9.17) is 4.74 Å². The van der Waals surface area contributed by atoms with Crippen molar-refractivity contribution in [3.63, 3.8) is 0 Å². The Labute approximate surface area is 136 Å². The van der Waals surface area contributed by atoms with Gasteiger partial charge in [-0.3, -0.25) is 0 Å². The molecule has 2 aromatic carbocycles. The minimum atomic E-state index is -0.671. The van der Waals surface area contributed by atoms with Gasteiger partial charge in [-0.15, -0.1) is 0 Å². The largest absolute Gasteiger partial charge is 0.491 e. The Morgan fingerprint density at radius 3 is 2.30 bits per heavy atom. The molecule has 0 aliphatic rings. The SMILES string of the molecule is CC(C)Oc1cccc(C(O)c2ccc(Br)c(Br)c2)c1. The summed E-state index contributed by atoms with van der Waals surface area (Å²) in [5.74, 6) is 0.771. The predicted molar refractivity (Wildman–Crippen MR) is 88.1 cm³/mol. The third kappa shape index (κ3) is 3.84. The van der Waals surface area contributed by atoms with E-state index in [0.717, 1.165) is 25.8 Å². The minimum absolute atomic E-state index is 0.115.